The summed E-state index contributed by atoms with van der Waals surface area (Å²) in [6, 6.07) is 10.4. The van der Waals surface area contributed by atoms with E-state index in [0.717, 1.165) is 5.69 Å². The van der Waals surface area contributed by atoms with E-state index in [1.54, 1.807) is 12.4 Å². The molecule has 2 heterocycles. The van der Waals surface area contributed by atoms with Crippen molar-refractivity contribution in [2.75, 3.05) is 10.6 Å². The molecule has 0 atom stereocenters. The molecule has 23 heavy (non-hydrogen) atoms. The molecule has 6 heteroatoms. The summed E-state index contributed by atoms with van der Waals surface area (Å²) < 4.78 is 0. The molecule has 1 aliphatic rings. The normalized spacial score (nSPS) is 15.0. The van der Waals surface area contributed by atoms with E-state index in [4.69, 9.17) is 0 Å². The van der Waals surface area contributed by atoms with Gasteiger partial charge < -0.3 is 10.6 Å². The lowest BCUT2D eigenvalue weighted by molar-refractivity contribution is 0.745. The van der Waals surface area contributed by atoms with E-state index in [9.17, 15) is 0 Å². The van der Waals surface area contributed by atoms with E-state index >= 15 is 0 Å². The molecule has 2 aromatic heterocycles. The number of benzene rings is 1. The van der Waals surface area contributed by atoms with Crippen LogP contribution in [0.3, 0.4) is 0 Å². The minimum absolute atomic E-state index is 0.452. The van der Waals surface area contributed by atoms with Crippen molar-refractivity contribution in [1.29, 1.82) is 0 Å². The van der Waals surface area contributed by atoms with Crippen molar-refractivity contribution in [2.24, 2.45) is 0 Å². The third-order valence-electron chi connectivity index (χ3n) is 4.06. The van der Waals surface area contributed by atoms with E-state index < -0.39 is 0 Å². The van der Waals surface area contributed by atoms with Gasteiger partial charge in [0.05, 0.1) is 0 Å². The summed E-state index contributed by atoms with van der Waals surface area (Å²) in [5, 5.41) is 6.75. The summed E-state index contributed by atoms with van der Waals surface area (Å²) in [6.45, 7) is 0. The van der Waals surface area contributed by atoms with Crippen LogP contribution < -0.4 is 10.6 Å². The molecule has 2 N–H and O–H groups in total. The maximum absolute atomic E-state index is 4.62. The Morgan fingerprint density at radius 3 is 2.52 bits per heavy atom. The van der Waals surface area contributed by atoms with Crippen LogP contribution in [-0.2, 0) is 0 Å². The molecule has 6 nitrogen and oxygen atoms in total. The number of nitrogens with one attached hydrogen (secondary N) is 2. The summed E-state index contributed by atoms with van der Waals surface area (Å²) in [4.78, 5) is 17.8. The molecule has 0 amide bonds. The number of hydrogen-bond donors (Lipinski definition) is 2. The topological polar surface area (TPSA) is 75.6 Å². The van der Waals surface area contributed by atoms with Crippen LogP contribution in [0.15, 0.2) is 42.7 Å². The Balaban J connectivity index is 1.71. The van der Waals surface area contributed by atoms with Gasteiger partial charge >= 0.3 is 0 Å². The molecule has 0 unspecified atom stereocenters. The van der Waals surface area contributed by atoms with Crippen LogP contribution in [0, 0.1) is 0 Å². The Labute approximate surface area is 134 Å². The maximum Gasteiger partial charge on any atom is 0.227 e. The van der Waals surface area contributed by atoms with Crippen LogP contribution in [0.1, 0.15) is 25.7 Å². The molecule has 1 fully saturated rings. The summed E-state index contributed by atoms with van der Waals surface area (Å²) >= 11 is 0. The number of fused-ring (bicyclic) bond motifs is 1. The fraction of sp³-hybridized carbons (Fsp3) is 0.294. The Kier molecular flexibility index (Phi) is 3.71. The molecular weight excluding hydrogens is 288 g/mol. The average molecular weight is 306 g/mol. The summed E-state index contributed by atoms with van der Waals surface area (Å²) in [5.74, 6) is 1.29. The third kappa shape index (κ3) is 3.06. The van der Waals surface area contributed by atoms with Gasteiger partial charge in [0, 0.05) is 24.1 Å². The summed E-state index contributed by atoms with van der Waals surface area (Å²) in [5.41, 5.74) is 2.24. The largest absolute Gasteiger partial charge is 0.351 e. The first-order valence-electron chi connectivity index (χ1n) is 7.96. The molecule has 3 aromatic rings. The van der Waals surface area contributed by atoms with Crippen molar-refractivity contribution in [3.05, 3.63) is 42.7 Å². The molecule has 4 rings (SSSR count). The zero-order chi connectivity index (χ0) is 15.5. The van der Waals surface area contributed by atoms with Crippen molar-refractivity contribution < 1.29 is 0 Å². The first kappa shape index (κ1) is 13.9. The first-order valence-corrected chi connectivity index (χ1v) is 7.96. The number of rotatable bonds is 4. The minimum atomic E-state index is 0.452. The fourth-order valence-corrected chi connectivity index (χ4v) is 2.93. The summed E-state index contributed by atoms with van der Waals surface area (Å²) in [6.07, 6.45) is 8.18. The molecule has 1 saturated carbocycles. The van der Waals surface area contributed by atoms with Gasteiger partial charge in [0.15, 0.2) is 17.0 Å². The molecular formula is C17H18N6. The highest BCUT2D eigenvalue weighted by Gasteiger charge is 2.17. The SMILES string of the molecule is c1ccc(Nc2nc(NC3CCCC3)nc3nccnc23)cc1. The lowest BCUT2D eigenvalue weighted by Gasteiger charge is -2.14. The fourth-order valence-electron chi connectivity index (χ4n) is 2.93. The van der Waals surface area contributed by atoms with Crippen LogP contribution in [0.2, 0.25) is 0 Å². The summed E-state index contributed by atoms with van der Waals surface area (Å²) in [7, 11) is 0. The van der Waals surface area contributed by atoms with Gasteiger partial charge in [0.2, 0.25) is 5.95 Å². The van der Waals surface area contributed by atoms with Crippen LogP contribution in [0.25, 0.3) is 11.2 Å². The van der Waals surface area contributed by atoms with Crippen molar-refractivity contribution in [3.8, 4) is 0 Å². The lowest BCUT2D eigenvalue weighted by Crippen LogP contribution is -2.17. The van der Waals surface area contributed by atoms with E-state index in [2.05, 4.69) is 30.6 Å². The molecule has 0 bridgehead atoms. The molecule has 1 aliphatic carbocycles. The van der Waals surface area contributed by atoms with Gasteiger partial charge in [0.25, 0.3) is 0 Å². The first-order chi connectivity index (χ1) is 11.4. The van der Waals surface area contributed by atoms with E-state index in [1.807, 2.05) is 30.3 Å². The number of aromatic nitrogens is 4. The van der Waals surface area contributed by atoms with Gasteiger partial charge in [-0.05, 0) is 25.0 Å². The van der Waals surface area contributed by atoms with Crippen molar-refractivity contribution in [2.45, 2.75) is 31.7 Å². The van der Waals surface area contributed by atoms with Crippen molar-refractivity contribution in [3.63, 3.8) is 0 Å². The standard InChI is InChI=1S/C17H18N6/c1-2-6-12(7-3-1)20-16-14-15(19-11-10-18-14)22-17(23-16)21-13-8-4-5-9-13/h1-3,6-7,10-11,13H,4-5,8-9H2,(H2,19,20,21,22,23). The van der Waals surface area contributed by atoms with Crippen LogP contribution in [0.5, 0.6) is 0 Å². The zero-order valence-corrected chi connectivity index (χ0v) is 12.7. The predicted octanol–water partition coefficient (Wildman–Crippen LogP) is 3.52. The van der Waals surface area contributed by atoms with E-state index in [1.165, 1.54) is 25.7 Å². The molecule has 0 radical (unpaired) electrons. The number of nitrogens with zero attached hydrogens (tertiary/aromatic N) is 4. The lowest BCUT2D eigenvalue weighted by atomic mass is 10.2. The molecule has 0 saturated heterocycles. The molecule has 0 spiro atoms. The monoisotopic (exact) mass is 306 g/mol. The van der Waals surface area contributed by atoms with Crippen molar-refractivity contribution >= 4 is 28.6 Å². The van der Waals surface area contributed by atoms with Gasteiger partial charge in [-0.1, -0.05) is 31.0 Å². The highest BCUT2D eigenvalue weighted by molar-refractivity contribution is 5.85. The Bertz CT molecular complexity index is 799. The maximum atomic E-state index is 4.62. The Morgan fingerprint density at radius 2 is 1.70 bits per heavy atom. The Morgan fingerprint density at radius 1 is 0.913 bits per heavy atom. The number of para-hydroxylation sites is 1. The molecule has 116 valence electrons. The highest BCUT2D eigenvalue weighted by Crippen LogP contribution is 2.25. The van der Waals surface area contributed by atoms with Crippen LogP contribution in [-0.4, -0.2) is 26.0 Å². The number of anilines is 3. The number of hydrogen-bond acceptors (Lipinski definition) is 6. The second-order valence-electron chi connectivity index (χ2n) is 5.74. The van der Waals surface area contributed by atoms with E-state index in [-0.39, 0.29) is 0 Å². The zero-order valence-electron chi connectivity index (χ0n) is 12.7. The molecule has 0 aliphatic heterocycles. The second-order valence-corrected chi connectivity index (χ2v) is 5.74. The van der Waals surface area contributed by atoms with Gasteiger partial charge in [-0.15, -0.1) is 0 Å². The highest BCUT2D eigenvalue weighted by atomic mass is 15.2. The third-order valence-corrected chi connectivity index (χ3v) is 4.06. The smallest absolute Gasteiger partial charge is 0.227 e. The van der Waals surface area contributed by atoms with Gasteiger partial charge in [-0.3, -0.25) is 0 Å². The van der Waals surface area contributed by atoms with Gasteiger partial charge in [-0.25, -0.2) is 9.97 Å². The molecule has 1 aromatic carbocycles. The van der Waals surface area contributed by atoms with Crippen LogP contribution in [0.4, 0.5) is 17.5 Å². The average Bonchev–Trinajstić information content (AvgIpc) is 3.09. The second kappa shape index (κ2) is 6.16. The Hall–Kier alpha value is -2.76. The minimum Gasteiger partial charge on any atom is -0.351 e. The van der Waals surface area contributed by atoms with Crippen molar-refractivity contribution in [1.82, 2.24) is 19.9 Å². The quantitative estimate of drug-likeness (QED) is 0.768. The van der Waals surface area contributed by atoms with Crippen LogP contribution >= 0.6 is 0 Å². The van der Waals surface area contributed by atoms with Gasteiger partial charge in [-0.2, -0.15) is 9.97 Å². The van der Waals surface area contributed by atoms with Gasteiger partial charge in [0.1, 0.15) is 0 Å². The predicted molar refractivity (Wildman–Crippen MR) is 90.7 cm³/mol. The van der Waals surface area contributed by atoms with E-state index in [0.29, 0.717) is 29.0 Å².